The highest BCUT2D eigenvalue weighted by molar-refractivity contribution is 7.25. The van der Waals surface area contributed by atoms with Crippen molar-refractivity contribution in [3.05, 3.63) is 18.4 Å². The molecule has 0 saturated carbocycles. The van der Waals surface area contributed by atoms with Crippen LogP contribution < -0.4 is 0 Å². The number of hydrogen-bond donors (Lipinski definition) is 1. The quantitative estimate of drug-likeness (QED) is 0.546. The second kappa shape index (κ2) is 2.48. The lowest BCUT2D eigenvalue weighted by atomic mass is 10.6. The van der Waals surface area contributed by atoms with Gasteiger partial charge < -0.3 is 5.11 Å². The summed E-state index contributed by atoms with van der Waals surface area (Å²) in [7, 11) is -0.0995. The predicted octanol–water partition coefficient (Wildman–Crippen LogP) is 1.73. The van der Waals surface area contributed by atoms with Gasteiger partial charge in [-0.15, -0.1) is 0 Å². The van der Waals surface area contributed by atoms with Gasteiger partial charge in [-0.3, -0.25) is 8.93 Å². The molecular weight excluding hydrogens is 127 g/mol. The number of aromatic hydroxyl groups is 1. The molecule has 1 atom stereocenters. The van der Waals surface area contributed by atoms with Crippen LogP contribution in [0.4, 0.5) is 0 Å². The van der Waals surface area contributed by atoms with Crippen molar-refractivity contribution in [3.8, 4) is 5.48 Å². The second-order valence-electron chi connectivity index (χ2n) is 1.16. The lowest BCUT2D eigenvalue weighted by molar-refractivity contribution is 0.101. The summed E-state index contributed by atoms with van der Waals surface area (Å²) in [6, 6.07) is 3.08. The van der Waals surface area contributed by atoms with Crippen molar-refractivity contribution in [2.45, 2.75) is 0 Å². The van der Waals surface area contributed by atoms with E-state index in [-0.39, 0.29) is 13.9 Å². The van der Waals surface area contributed by atoms with Gasteiger partial charge in [0.15, 0.2) is 5.48 Å². The molecule has 0 saturated heterocycles. The molecule has 0 bridgehead atoms. The number of hydrogen-bond acceptors (Lipinski definition) is 3. The molecule has 0 aliphatic carbocycles. The van der Waals surface area contributed by atoms with Crippen LogP contribution in [0.1, 0.15) is 0 Å². The summed E-state index contributed by atoms with van der Waals surface area (Å²) >= 11 is 0. The van der Waals surface area contributed by atoms with Gasteiger partial charge in [0.25, 0.3) is 0 Å². The first-order chi connectivity index (χ1) is 3.89. The fourth-order valence-corrected chi connectivity index (χ4v) is 0.644. The Bertz CT molecular complexity index is 165. The predicted molar refractivity (Wildman–Crippen MR) is 29.8 cm³/mol. The maximum atomic E-state index is 8.71. The fourth-order valence-electron chi connectivity index (χ4n) is 0.291. The zero-order chi connectivity index (χ0) is 5.82. The third kappa shape index (κ3) is 1.35. The molecule has 1 unspecified atom stereocenters. The maximum Gasteiger partial charge on any atom is 0.170 e. The lowest BCUT2D eigenvalue weighted by Gasteiger charge is -1.72. The normalized spacial score (nSPS) is 9.50. The van der Waals surface area contributed by atoms with Crippen LogP contribution in [0, 0.1) is 0 Å². The van der Waals surface area contributed by atoms with E-state index >= 15 is 0 Å². The van der Waals surface area contributed by atoms with Crippen LogP contribution in [-0.4, -0.2) is 5.11 Å². The molecule has 0 aromatic carbocycles. The summed E-state index contributed by atoms with van der Waals surface area (Å²) in [4.78, 5) is 0. The van der Waals surface area contributed by atoms with Gasteiger partial charge in [-0.2, -0.15) is 0 Å². The maximum absolute atomic E-state index is 8.71. The van der Waals surface area contributed by atoms with E-state index in [1.54, 1.807) is 6.07 Å². The zero-order valence-corrected chi connectivity index (χ0v) is 5.00. The van der Waals surface area contributed by atoms with Crippen LogP contribution in [0.25, 0.3) is 0 Å². The zero-order valence-electron chi connectivity index (χ0n) is 4.00. The van der Waals surface area contributed by atoms with Crippen molar-refractivity contribution in [2.75, 3.05) is 0 Å². The van der Waals surface area contributed by atoms with Crippen LogP contribution in [0.5, 0.6) is 5.48 Å². The molecule has 1 aromatic rings. The van der Waals surface area contributed by atoms with Crippen LogP contribution in [0.3, 0.4) is 0 Å². The summed E-state index contributed by atoms with van der Waals surface area (Å²) in [5.74, 6) is 0. The molecule has 0 amide bonds. The summed E-state index contributed by atoms with van der Waals surface area (Å²) in [6.45, 7) is 0. The highest BCUT2D eigenvalue weighted by Gasteiger charge is 1.77. The molecule has 1 N–H and O–H groups in total. The van der Waals surface area contributed by atoms with Crippen molar-refractivity contribution >= 4 is 8.43 Å². The Hall–Kier alpha value is -0.820. The Morgan fingerprint density at radius 1 is 1.62 bits per heavy atom. The van der Waals surface area contributed by atoms with Gasteiger partial charge in [0.1, 0.15) is 14.7 Å². The van der Waals surface area contributed by atoms with Gasteiger partial charge in [-0.1, -0.05) is 0 Å². The minimum Gasteiger partial charge on any atom is -0.502 e. The van der Waals surface area contributed by atoms with Crippen molar-refractivity contribution < 1.29 is 14.0 Å². The molecule has 0 fully saturated rings. The van der Waals surface area contributed by atoms with Crippen LogP contribution in [0.2, 0.25) is 0 Å². The summed E-state index contributed by atoms with van der Waals surface area (Å²) in [6.07, 6.45) is 1.36. The molecule has 44 valence electrons. The van der Waals surface area contributed by atoms with Gasteiger partial charge in [0.05, 0.1) is 0 Å². The third-order valence-electron chi connectivity index (χ3n) is 0.583. The first-order valence-electron chi connectivity index (χ1n) is 2.04. The SMILES string of the molecule is Oc1cccoo[pH]1. The highest BCUT2D eigenvalue weighted by Crippen LogP contribution is 2.17. The van der Waals surface area contributed by atoms with Crippen LogP contribution >= 0.6 is 8.43 Å². The highest BCUT2D eigenvalue weighted by atomic mass is 31.1. The molecule has 0 spiro atoms. The Balaban J connectivity index is 3.12. The Labute approximate surface area is 47.4 Å². The van der Waals surface area contributed by atoms with Gasteiger partial charge in [-0.25, -0.2) is 0 Å². The van der Waals surface area contributed by atoms with E-state index in [2.05, 4.69) is 8.93 Å². The van der Waals surface area contributed by atoms with Gasteiger partial charge >= 0.3 is 0 Å². The Kier molecular flexibility index (Phi) is 1.65. The average Bonchev–Trinajstić information content (AvgIpc) is 1.94. The first-order valence-corrected chi connectivity index (χ1v) is 2.94. The van der Waals surface area contributed by atoms with E-state index in [0.29, 0.717) is 0 Å². The third-order valence-corrected chi connectivity index (χ3v) is 1.14. The minimum atomic E-state index is -0.0995. The van der Waals surface area contributed by atoms with Gasteiger partial charge in [0.2, 0.25) is 0 Å². The molecule has 1 aromatic heterocycles. The topological polar surface area (TPSA) is 46.5 Å². The molecule has 0 aliphatic rings. The van der Waals surface area contributed by atoms with Crippen molar-refractivity contribution in [1.29, 1.82) is 0 Å². The van der Waals surface area contributed by atoms with E-state index in [0.717, 1.165) is 0 Å². The second-order valence-corrected chi connectivity index (χ2v) is 2.05. The Morgan fingerprint density at radius 3 is 3.38 bits per heavy atom. The van der Waals surface area contributed by atoms with Gasteiger partial charge in [0, 0.05) is 0 Å². The summed E-state index contributed by atoms with van der Waals surface area (Å²) < 4.78 is 8.81. The molecule has 1 rings (SSSR count). The van der Waals surface area contributed by atoms with Crippen molar-refractivity contribution in [3.63, 3.8) is 0 Å². The van der Waals surface area contributed by atoms with E-state index < -0.39 is 0 Å². The summed E-state index contributed by atoms with van der Waals surface area (Å²) in [5.41, 5.74) is 0.193. The molecule has 4 heteroatoms. The van der Waals surface area contributed by atoms with Crippen LogP contribution in [0.15, 0.2) is 27.3 Å². The molecule has 3 nitrogen and oxygen atoms in total. The van der Waals surface area contributed by atoms with Crippen molar-refractivity contribution in [2.24, 2.45) is 0 Å². The fraction of sp³-hybridized carbons (Fsp3) is 0. The van der Waals surface area contributed by atoms with E-state index in [1.165, 1.54) is 12.3 Å². The standard InChI is InChI=1S/C4H5O3P/c5-4-2-1-3-6-7-8-4/h1-3,5,8H. The molecule has 0 aliphatic heterocycles. The molecule has 1 heterocycles. The first kappa shape index (κ1) is 5.32. The molecular formula is C4H5O3P. The van der Waals surface area contributed by atoms with E-state index in [4.69, 9.17) is 5.11 Å². The van der Waals surface area contributed by atoms with E-state index in [1.807, 2.05) is 0 Å². The van der Waals surface area contributed by atoms with Crippen LogP contribution in [-0.2, 0) is 0 Å². The van der Waals surface area contributed by atoms with Gasteiger partial charge in [-0.05, 0) is 12.1 Å². The summed E-state index contributed by atoms with van der Waals surface area (Å²) in [5, 5.41) is 8.71. The van der Waals surface area contributed by atoms with E-state index in [9.17, 15) is 0 Å². The Morgan fingerprint density at radius 2 is 2.50 bits per heavy atom. The lowest BCUT2D eigenvalue weighted by Crippen LogP contribution is -1.41. The number of rotatable bonds is 0. The largest absolute Gasteiger partial charge is 0.502 e. The average molecular weight is 132 g/mol. The molecule has 8 heavy (non-hydrogen) atoms. The minimum absolute atomic E-state index is 0.0995. The monoisotopic (exact) mass is 132 g/mol. The smallest absolute Gasteiger partial charge is 0.170 e. The molecule has 0 radical (unpaired) electrons. The van der Waals surface area contributed by atoms with Crippen molar-refractivity contribution in [1.82, 2.24) is 0 Å².